The molecule has 6 nitrogen and oxygen atoms in total. The van der Waals surface area contributed by atoms with Crippen LogP contribution in [0.2, 0.25) is 0 Å². The Labute approximate surface area is 149 Å². The number of carbonyl (C=O) groups excluding carboxylic acids is 1. The van der Waals surface area contributed by atoms with E-state index >= 15 is 0 Å². The summed E-state index contributed by atoms with van der Waals surface area (Å²) in [5, 5.41) is 6.11. The first-order valence-corrected chi connectivity index (χ1v) is 8.90. The zero-order valence-electron chi connectivity index (χ0n) is 13.7. The van der Waals surface area contributed by atoms with Crippen molar-refractivity contribution >= 4 is 22.9 Å². The monoisotopic (exact) mass is 355 g/mol. The number of carbonyl (C=O) groups is 1. The van der Waals surface area contributed by atoms with Crippen LogP contribution in [0.3, 0.4) is 0 Å². The molecule has 128 valence electrons. The van der Waals surface area contributed by atoms with Gasteiger partial charge in [-0.25, -0.2) is 0 Å². The van der Waals surface area contributed by atoms with E-state index in [0.717, 1.165) is 11.4 Å². The van der Waals surface area contributed by atoms with Crippen molar-refractivity contribution < 1.29 is 14.1 Å². The van der Waals surface area contributed by atoms with Gasteiger partial charge in [0.15, 0.2) is 5.82 Å². The fourth-order valence-electron chi connectivity index (χ4n) is 2.96. The van der Waals surface area contributed by atoms with Gasteiger partial charge in [0.25, 0.3) is 0 Å². The standard InChI is InChI=1S/C18H17N3O3S/c1-23-14-6-4-13(5-7-14)21-11-12(9-17(21)22)18-19-16(24-20-18)10-15-3-2-8-25-15/h2-8,12H,9-11H2,1H3/t12-/m0/s1. The van der Waals surface area contributed by atoms with Gasteiger partial charge in [-0.05, 0) is 35.7 Å². The lowest BCUT2D eigenvalue weighted by atomic mass is 10.1. The molecule has 0 spiro atoms. The Hall–Kier alpha value is -2.67. The minimum atomic E-state index is -0.0459. The summed E-state index contributed by atoms with van der Waals surface area (Å²) in [6.07, 6.45) is 1.03. The number of hydrogen-bond donors (Lipinski definition) is 0. The molecular weight excluding hydrogens is 338 g/mol. The number of amides is 1. The summed E-state index contributed by atoms with van der Waals surface area (Å²) in [6.45, 7) is 0.559. The zero-order valence-corrected chi connectivity index (χ0v) is 14.5. The highest BCUT2D eigenvalue weighted by molar-refractivity contribution is 7.09. The van der Waals surface area contributed by atoms with Crippen molar-refractivity contribution in [2.24, 2.45) is 0 Å². The zero-order chi connectivity index (χ0) is 17.2. The van der Waals surface area contributed by atoms with Gasteiger partial charge in [-0.3, -0.25) is 4.79 Å². The molecule has 4 rings (SSSR count). The van der Waals surface area contributed by atoms with Gasteiger partial charge in [-0.1, -0.05) is 11.2 Å². The second-order valence-electron chi connectivity index (χ2n) is 5.91. The van der Waals surface area contributed by atoms with Crippen LogP contribution in [0.1, 0.15) is 28.9 Å². The number of benzene rings is 1. The second kappa shape index (κ2) is 6.68. The highest BCUT2D eigenvalue weighted by atomic mass is 32.1. The number of anilines is 1. The van der Waals surface area contributed by atoms with Crippen LogP contribution >= 0.6 is 11.3 Å². The van der Waals surface area contributed by atoms with E-state index in [0.29, 0.717) is 31.1 Å². The third-order valence-corrected chi connectivity index (χ3v) is 5.14. The summed E-state index contributed by atoms with van der Waals surface area (Å²) in [5.74, 6) is 1.99. The first-order chi connectivity index (χ1) is 12.2. The van der Waals surface area contributed by atoms with Crippen LogP contribution < -0.4 is 9.64 Å². The van der Waals surface area contributed by atoms with Gasteiger partial charge in [-0.2, -0.15) is 4.98 Å². The van der Waals surface area contributed by atoms with Crippen LogP contribution in [-0.4, -0.2) is 29.7 Å². The minimum Gasteiger partial charge on any atom is -0.497 e. The topological polar surface area (TPSA) is 68.5 Å². The van der Waals surface area contributed by atoms with Crippen molar-refractivity contribution in [1.29, 1.82) is 0 Å². The molecule has 7 heteroatoms. The lowest BCUT2D eigenvalue weighted by Gasteiger charge is -2.16. The summed E-state index contributed by atoms with van der Waals surface area (Å²) in [5.41, 5.74) is 0.857. The van der Waals surface area contributed by atoms with Crippen LogP contribution in [0, 0.1) is 0 Å². The molecule has 0 N–H and O–H groups in total. The molecule has 1 fully saturated rings. The first-order valence-electron chi connectivity index (χ1n) is 8.02. The minimum absolute atomic E-state index is 0.0459. The molecule has 25 heavy (non-hydrogen) atoms. The van der Waals surface area contributed by atoms with Crippen molar-refractivity contribution in [3.8, 4) is 5.75 Å². The van der Waals surface area contributed by atoms with Crippen molar-refractivity contribution in [1.82, 2.24) is 10.1 Å². The third-order valence-electron chi connectivity index (χ3n) is 4.26. The van der Waals surface area contributed by atoms with Gasteiger partial charge < -0.3 is 14.2 Å². The summed E-state index contributed by atoms with van der Waals surface area (Å²) < 4.78 is 10.5. The molecule has 2 aromatic heterocycles. The normalized spacial score (nSPS) is 17.2. The van der Waals surface area contributed by atoms with Crippen LogP contribution in [0.4, 0.5) is 5.69 Å². The average Bonchev–Trinajstić information content (AvgIpc) is 3.37. The van der Waals surface area contributed by atoms with Gasteiger partial charge in [0.2, 0.25) is 11.8 Å². The van der Waals surface area contributed by atoms with E-state index in [1.54, 1.807) is 23.3 Å². The third kappa shape index (κ3) is 3.28. The maximum absolute atomic E-state index is 12.4. The lowest BCUT2D eigenvalue weighted by molar-refractivity contribution is -0.117. The summed E-state index contributed by atoms with van der Waals surface area (Å²) in [6, 6.07) is 11.5. The number of hydrogen-bond acceptors (Lipinski definition) is 6. The van der Waals surface area contributed by atoms with Crippen LogP contribution in [0.5, 0.6) is 5.75 Å². The molecule has 0 radical (unpaired) electrons. The van der Waals surface area contributed by atoms with E-state index in [2.05, 4.69) is 10.1 Å². The Morgan fingerprint density at radius 3 is 2.88 bits per heavy atom. The number of ether oxygens (including phenoxy) is 1. The van der Waals surface area contributed by atoms with Crippen molar-refractivity contribution in [2.45, 2.75) is 18.8 Å². The molecular formula is C18H17N3O3S. The average molecular weight is 355 g/mol. The maximum Gasteiger partial charge on any atom is 0.231 e. The summed E-state index contributed by atoms with van der Waals surface area (Å²) in [7, 11) is 1.62. The predicted octanol–water partition coefficient (Wildman–Crippen LogP) is 3.25. The Morgan fingerprint density at radius 2 is 2.16 bits per heavy atom. The van der Waals surface area contributed by atoms with E-state index < -0.39 is 0 Å². The highest BCUT2D eigenvalue weighted by Gasteiger charge is 2.34. The Kier molecular flexibility index (Phi) is 4.23. The lowest BCUT2D eigenvalue weighted by Crippen LogP contribution is -2.24. The van der Waals surface area contributed by atoms with Crippen molar-refractivity contribution in [3.05, 3.63) is 58.4 Å². The molecule has 1 atom stereocenters. The SMILES string of the molecule is COc1ccc(N2C[C@@H](c3noc(Cc4cccs4)n3)CC2=O)cc1. The van der Waals surface area contributed by atoms with Crippen LogP contribution in [0.25, 0.3) is 0 Å². The van der Waals surface area contributed by atoms with Gasteiger partial charge in [-0.15, -0.1) is 11.3 Å². The molecule has 1 aliphatic rings. The van der Waals surface area contributed by atoms with Gasteiger partial charge in [0, 0.05) is 29.4 Å². The summed E-state index contributed by atoms with van der Waals surface area (Å²) >= 11 is 1.66. The Morgan fingerprint density at radius 1 is 1.32 bits per heavy atom. The van der Waals surface area contributed by atoms with Crippen molar-refractivity contribution in [2.75, 3.05) is 18.6 Å². The number of thiophene rings is 1. The van der Waals surface area contributed by atoms with E-state index in [4.69, 9.17) is 9.26 Å². The molecule has 1 aliphatic heterocycles. The molecule has 0 unspecified atom stereocenters. The molecule has 1 aromatic carbocycles. The highest BCUT2D eigenvalue weighted by Crippen LogP contribution is 2.31. The van der Waals surface area contributed by atoms with Crippen LogP contribution in [0.15, 0.2) is 46.3 Å². The molecule has 0 bridgehead atoms. The fourth-order valence-corrected chi connectivity index (χ4v) is 3.66. The molecule has 0 saturated carbocycles. The van der Waals surface area contributed by atoms with E-state index in [-0.39, 0.29) is 11.8 Å². The largest absolute Gasteiger partial charge is 0.497 e. The number of methoxy groups -OCH3 is 1. The number of rotatable bonds is 5. The van der Waals surface area contributed by atoms with Gasteiger partial charge in [0.1, 0.15) is 5.75 Å². The van der Waals surface area contributed by atoms with E-state index in [9.17, 15) is 4.79 Å². The van der Waals surface area contributed by atoms with Gasteiger partial charge >= 0.3 is 0 Å². The smallest absolute Gasteiger partial charge is 0.231 e. The molecule has 1 amide bonds. The molecule has 3 aromatic rings. The maximum atomic E-state index is 12.4. The van der Waals surface area contributed by atoms with Crippen LogP contribution in [-0.2, 0) is 11.2 Å². The first kappa shape index (κ1) is 15.8. The Bertz CT molecular complexity index is 858. The quantitative estimate of drug-likeness (QED) is 0.703. The van der Waals surface area contributed by atoms with Crippen molar-refractivity contribution in [3.63, 3.8) is 0 Å². The summed E-state index contributed by atoms with van der Waals surface area (Å²) in [4.78, 5) is 19.8. The fraction of sp³-hybridized carbons (Fsp3) is 0.278. The van der Waals surface area contributed by atoms with E-state index in [1.807, 2.05) is 41.8 Å². The molecule has 0 aliphatic carbocycles. The van der Waals surface area contributed by atoms with E-state index in [1.165, 1.54) is 4.88 Å². The molecule has 1 saturated heterocycles. The predicted molar refractivity (Wildman–Crippen MR) is 94.1 cm³/mol. The number of aromatic nitrogens is 2. The Balaban J connectivity index is 1.47. The number of nitrogens with zero attached hydrogens (tertiary/aromatic N) is 3. The van der Waals surface area contributed by atoms with Gasteiger partial charge in [0.05, 0.1) is 13.5 Å². The molecule has 3 heterocycles. The second-order valence-corrected chi connectivity index (χ2v) is 6.94.